The van der Waals surface area contributed by atoms with E-state index in [9.17, 15) is 0 Å². The van der Waals surface area contributed by atoms with Crippen LogP contribution in [-0.2, 0) is 12.8 Å². The second kappa shape index (κ2) is 6.87. The molecule has 0 spiro atoms. The number of fused-ring (bicyclic) bond motifs is 1. The first-order valence-electron chi connectivity index (χ1n) is 6.63. The Hall–Kier alpha value is -1.66. The molecule has 0 saturated heterocycles. The first kappa shape index (κ1) is 15.7. The number of hydrogen-bond donors (Lipinski definition) is 0. The SMILES string of the molecule is CCCc1nnc2sc(Cc3ccc(OC)cc3)nn12.Cl. The van der Waals surface area contributed by atoms with E-state index in [1.165, 1.54) is 5.56 Å². The summed E-state index contributed by atoms with van der Waals surface area (Å²) in [4.78, 5) is 0.872. The third-order valence-electron chi connectivity index (χ3n) is 3.09. The van der Waals surface area contributed by atoms with Crippen LogP contribution in [0, 0.1) is 0 Å². The van der Waals surface area contributed by atoms with E-state index in [1.807, 2.05) is 16.6 Å². The molecular formula is C14H17ClN4OS. The minimum Gasteiger partial charge on any atom is -0.497 e. The molecule has 21 heavy (non-hydrogen) atoms. The average molecular weight is 325 g/mol. The van der Waals surface area contributed by atoms with Crippen molar-refractivity contribution in [2.24, 2.45) is 0 Å². The van der Waals surface area contributed by atoms with Crippen molar-refractivity contribution in [1.29, 1.82) is 0 Å². The monoisotopic (exact) mass is 324 g/mol. The number of hydrogen-bond acceptors (Lipinski definition) is 5. The van der Waals surface area contributed by atoms with Crippen LogP contribution in [-0.4, -0.2) is 26.9 Å². The Kier molecular flexibility index (Phi) is 5.14. The second-order valence-corrected chi connectivity index (χ2v) is 5.62. The van der Waals surface area contributed by atoms with E-state index in [2.05, 4.69) is 34.4 Å². The summed E-state index contributed by atoms with van der Waals surface area (Å²) >= 11 is 1.60. The molecule has 3 aromatic rings. The maximum absolute atomic E-state index is 5.16. The highest BCUT2D eigenvalue weighted by Crippen LogP contribution is 2.19. The van der Waals surface area contributed by atoms with Crippen molar-refractivity contribution in [3.63, 3.8) is 0 Å². The number of ether oxygens (including phenoxy) is 1. The number of methoxy groups -OCH3 is 1. The number of aryl methyl sites for hydroxylation is 1. The lowest BCUT2D eigenvalue weighted by Crippen LogP contribution is -1.97. The van der Waals surface area contributed by atoms with Crippen molar-refractivity contribution >= 4 is 28.7 Å². The van der Waals surface area contributed by atoms with E-state index in [0.717, 1.165) is 40.8 Å². The van der Waals surface area contributed by atoms with E-state index in [-0.39, 0.29) is 12.4 Å². The number of halogens is 1. The molecule has 1 aromatic carbocycles. The topological polar surface area (TPSA) is 52.3 Å². The van der Waals surface area contributed by atoms with Crippen LogP contribution in [0.25, 0.3) is 4.96 Å². The molecule has 2 heterocycles. The van der Waals surface area contributed by atoms with Crippen molar-refractivity contribution in [2.75, 3.05) is 7.11 Å². The van der Waals surface area contributed by atoms with E-state index in [1.54, 1.807) is 18.4 Å². The third kappa shape index (κ3) is 3.33. The summed E-state index contributed by atoms with van der Waals surface area (Å²) in [5, 5.41) is 14.0. The van der Waals surface area contributed by atoms with Crippen molar-refractivity contribution in [2.45, 2.75) is 26.2 Å². The Morgan fingerprint density at radius 2 is 1.95 bits per heavy atom. The van der Waals surface area contributed by atoms with Gasteiger partial charge < -0.3 is 4.74 Å². The van der Waals surface area contributed by atoms with Crippen LogP contribution < -0.4 is 4.74 Å². The highest BCUT2D eigenvalue weighted by molar-refractivity contribution is 7.16. The molecule has 0 unspecified atom stereocenters. The molecule has 2 aromatic heterocycles. The largest absolute Gasteiger partial charge is 0.497 e. The fourth-order valence-electron chi connectivity index (χ4n) is 2.07. The highest BCUT2D eigenvalue weighted by atomic mass is 35.5. The Morgan fingerprint density at radius 1 is 1.19 bits per heavy atom. The molecule has 0 aliphatic rings. The number of aromatic nitrogens is 4. The Bertz CT molecular complexity index is 707. The van der Waals surface area contributed by atoms with Gasteiger partial charge in [0.15, 0.2) is 5.82 Å². The molecular weight excluding hydrogens is 308 g/mol. The second-order valence-electron chi connectivity index (χ2n) is 4.58. The van der Waals surface area contributed by atoms with Gasteiger partial charge in [-0.3, -0.25) is 0 Å². The van der Waals surface area contributed by atoms with Crippen molar-refractivity contribution in [3.05, 3.63) is 40.7 Å². The minimum atomic E-state index is 0. The standard InChI is InChI=1S/C14H16N4OS.ClH/c1-3-4-12-15-16-14-18(12)17-13(20-14)9-10-5-7-11(19-2)8-6-10;/h5-8H,3-4,9H2,1-2H3;1H. The fourth-order valence-corrected chi connectivity index (χ4v) is 2.95. The molecule has 112 valence electrons. The lowest BCUT2D eigenvalue weighted by Gasteiger charge is -2.01. The molecule has 0 amide bonds. The number of rotatable bonds is 5. The molecule has 0 aliphatic heterocycles. The van der Waals surface area contributed by atoms with E-state index in [4.69, 9.17) is 4.74 Å². The quantitative estimate of drug-likeness (QED) is 0.723. The Morgan fingerprint density at radius 3 is 2.62 bits per heavy atom. The first-order valence-corrected chi connectivity index (χ1v) is 7.44. The zero-order chi connectivity index (χ0) is 13.9. The molecule has 0 N–H and O–H groups in total. The van der Waals surface area contributed by atoms with Gasteiger partial charge in [0.2, 0.25) is 4.96 Å². The minimum absolute atomic E-state index is 0. The van der Waals surface area contributed by atoms with Gasteiger partial charge in [-0.1, -0.05) is 30.4 Å². The third-order valence-corrected chi connectivity index (χ3v) is 3.98. The number of nitrogens with zero attached hydrogens (tertiary/aromatic N) is 4. The predicted molar refractivity (Wildman–Crippen MR) is 85.7 cm³/mol. The Labute approximate surface area is 133 Å². The van der Waals surface area contributed by atoms with Crippen molar-refractivity contribution < 1.29 is 4.74 Å². The summed E-state index contributed by atoms with van der Waals surface area (Å²) in [6.45, 7) is 2.13. The summed E-state index contributed by atoms with van der Waals surface area (Å²) in [6.07, 6.45) is 2.77. The van der Waals surface area contributed by atoms with E-state index in [0.29, 0.717) is 0 Å². The van der Waals surface area contributed by atoms with Gasteiger partial charge in [0.1, 0.15) is 10.8 Å². The van der Waals surface area contributed by atoms with Gasteiger partial charge in [0.05, 0.1) is 7.11 Å². The fraction of sp³-hybridized carbons (Fsp3) is 0.357. The molecule has 3 rings (SSSR count). The van der Waals surface area contributed by atoms with E-state index < -0.39 is 0 Å². The Balaban J connectivity index is 0.00000161. The predicted octanol–water partition coefficient (Wildman–Crippen LogP) is 3.16. The summed E-state index contributed by atoms with van der Waals surface area (Å²) < 4.78 is 7.03. The zero-order valence-electron chi connectivity index (χ0n) is 11.9. The molecule has 5 nitrogen and oxygen atoms in total. The summed E-state index contributed by atoms with van der Waals surface area (Å²) in [5.74, 6) is 1.82. The first-order chi connectivity index (χ1) is 9.80. The van der Waals surface area contributed by atoms with Gasteiger partial charge >= 0.3 is 0 Å². The smallest absolute Gasteiger partial charge is 0.234 e. The lowest BCUT2D eigenvalue weighted by atomic mass is 10.1. The highest BCUT2D eigenvalue weighted by Gasteiger charge is 2.11. The van der Waals surface area contributed by atoms with Gasteiger partial charge in [-0.05, 0) is 24.1 Å². The van der Waals surface area contributed by atoms with Gasteiger partial charge in [-0.25, -0.2) is 0 Å². The van der Waals surface area contributed by atoms with E-state index >= 15 is 0 Å². The molecule has 0 bridgehead atoms. The van der Waals surface area contributed by atoms with Crippen LogP contribution in [0.3, 0.4) is 0 Å². The number of benzene rings is 1. The van der Waals surface area contributed by atoms with Gasteiger partial charge in [-0.2, -0.15) is 9.61 Å². The van der Waals surface area contributed by atoms with Crippen LogP contribution in [0.15, 0.2) is 24.3 Å². The molecule has 0 atom stereocenters. The molecule has 0 saturated carbocycles. The molecule has 0 fully saturated rings. The maximum Gasteiger partial charge on any atom is 0.234 e. The van der Waals surface area contributed by atoms with Gasteiger partial charge in [0.25, 0.3) is 0 Å². The summed E-state index contributed by atoms with van der Waals surface area (Å²) in [5.41, 5.74) is 1.22. The molecule has 7 heteroatoms. The van der Waals surface area contributed by atoms with Crippen LogP contribution in [0.4, 0.5) is 0 Å². The maximum atomic E-state index is 5.16. The lowest BCUT2D eigenvalue weighted by molar-refractivity contribution is 0.414. The zero-order valence-corrected chi connectivity index (χ0v) is 13.6. The van der Waals surface area contributed by atoms with Gasteiger partial charge in [0, 0.05) is 12.8 Å². The van der Waals surface area contributed by atoms with Crippen molar-refractivity contribution in [3.8, 4) is 5.75 Å². The summed E-state index contributed by atoms with van der Waals surface area (Å²) in [6, 6.07) is 8.07. The molecule has 0 radical (unpaired) electrons. The van der Waals surface area contributed by atoms with Crippen LogP contribution >= 0.6 is 23.7 Å². The average Bonchev–Trinajstić information content (AvgIpc) is 3.02. The van der Waals surface area contributed by atoms with Crippen molar-refractivity contribution in [1.82, 2.24) is 19.8 Å². The van der Waals surface area contributed by atoms with Gasteiger partial charge in [-0.15, -0.1) is 22.6 Å². The summed E-state index contributed by atoms with van der Waals surface area (Å²) in [7, 11) is 1.67. The molecule has 0 aliphatic carbocycles. The van der Waals surface area contributed by atoms with Crippen LogP contribution in [0.1, 0.15) is 29.7 Å². The van der Waals surface area contributed by atoms with Crippen LogP contribution in [0.5, 0.6) is 5.75 Å². The van der Waals surface area contributed by atoms with Crippen LogP contribution in [0.2, 0.25) is 0 Å². The normalized spacial score (nSPS) is 10.6.